The van der Waals surface area contributed by atoms with E-state index in [4.69, 9.17) is 36.5 Å². The van der Waals surface area contributed by atoms with Crippen LogP contribution in [-0.2, 0) is 11.3 Å². The number of aliphatic hydroxyl groups is 1. The number of ether oxygens (including phenoxy) is 1. The number of hydrogen-bond acceptors (Lipinski definition) is 9. The molecule has 4 aromatic rings. The van der Waals surface area contributed by atoms with Crippen LogP contribution in [0.5, 0.6) is 0 Å². The van der Waals surface area contributed by atoms with Gasteiger partial charge in [0.1, 0.15) is 16.4 Å². The molecule has 1 spiro atoms. The zero-order valence-electron chi connectivity index (χ0n) is 21.1. The van der Waals surface area contributed by atoms with E-state index in [0.29, 0.717) is 39.5 Å². The summed E-state index contributed by atoms with van der Waals surface area (Å²) < 4.78 is 13.2. The Kier molecular flexibility index (Phi) is 7.65. The Morgan fingerprint density at radius 1 is 1.24 bits per heavy atom. The highest BCUT2D eigenvalue weighted by molar-refractivity contribution is 7.99. The Hall–Kier alpha value is -2.34. The predicted molar refractivity (Wildman–Crippen MR) is 149 cm³/mol. The van der Waals surface area contributed by atoms with Crippen LogP contribution in [-0.4, -0.2) is 56.3 Å². The van der Waals surface area contributed by atoms with Crippen molar-refractivity contribution in [2.45, 2.75) is 55.4 Å². The molecule has 0 saturated carbocycles. The number of hydrogen-bond donors (Lipinski definition) is 2. The van der Waals surface area contributed by atoms with Crippen molar-refractivity contribution in [3.8, 4) is 11.5 Å². The normalized spacial score (nSPS) is 20.8. The number of halogens is 2. The molecule has 4 aromatic heterocycles. The molecular formula is C26H30Cl2N6O3S. The highest BCUT2D eigenvalue weighted by Crippen LogP contribution is 2.43. The number of anilines is 1. The number of fused-ring (bicyclic) bond motifs is 1. The van der Waals surface area contributed by atoms with Crippen molar-refractivity contribution in [1.82, 2.24) is 19.4 Å². The summed E-state index contributed by atoms with van der Waals surface area (Å²) in [7, 11) is 0. The van der Waals surface area contributed by atoms with E-state index in [-0.39, 0.29) is 36.6 Å². The van der Waals surface area contributed by atoms with Crippen molar-refractivity contribution in [1.29, 1.82) is 0 Å². The Morgan fingerprint density at radius 2 is 2.03 bits per heavy atom. The number of nitrogens with zero attached hydrogens (tertiary/aromatic N) is 5. The molecule has 9 nitrogen and oxygen atoms in total. The van der Waals surface area contributed by atoms with Crippen LogP contribution in [0.25, 0.3) is 17.1 Å². The minimum Gasteiger partial charge on any atom is -0.463 e. The van der Waals surface area contributed by atoms with Crippen LogP contribution >= 0.6 is 35.8 Å². The minimum atomic E-state index is -0.197. The topological polar surface area (TPSA) is 115 Å². The zero-order valence-corrected chi connectivity index (χ0v) is 23.5. The maximum atomic E-state index is 10.2. The molecule has 0 radical (unpaired) electrons. The van der Waals surface area contributed by atoms with Crippen LogP contribution in [0.1, 0.15) is 31.2 Å². The fourth-order valence-electron chi connectivity index (χ4n) is 5.34. The molecule has 2 aliphatic rings. The van der Waals surface area contributed by atoms with Gasteiger partial charge in [0, 0.05) is 41.8 Å². The van der Waals surface area contributed by atoms with Gasteiger partial charge in [0.15, 0.2) is 17.2 Å². The van der Waals surface area contributed by atoms with E-state index in [0.717, 1.165) is 42.3 Å². The van der Waals surface area contributed by atoms with Gasteiger partial charge in [-0.05, 0) is 44.9 Å². The summed E-state index contributed by atoms with van der Waals surface area (Å²) in [4.78, 5) is 17.4. The molecule has 0 aromatic carbocycles. The first-order chi connectivity index (χ1) is 17.9. The lowest BCUT2D eigenvalue weighted by molar-refractivity contribution is 0.0973. The van der Waals surface area contributed by atoms with Crippen LogP contribution in [0.15, 0.2) is 51.2 Å². The minimum absolute atomic E-state index is 0. The highest BCUT2D eigenvalue weighted by atomic mass is 35.5. The van der Waals surface area contributed by atoms with Gasteiger partial charge in [-0.15, -0.1) is 12.4 Å². The van der Waals surface area contributed by atoms with E-state index >= 15 is 0 Å². The predicted octanol–water partition coefficient (Wildman–Crippen LogP) is 4.74. The third-order valence-electron chi connectivity index (χ3n) is 7.64. The summed E-state index contributed by atoms with van der Waals surface area (Å²) in [5, 5.41) is 11.4. The molecule has 0 bridgehead atoms. The van der Waals surface area contributed by atoms with Crippen molar-refractivity contribution in [2.24, 2.45) is 11.1 Å². The Bertz CT molecular complexity index is 1440. The lowest BCUT2D eigenvalue weighted by atomic mass is 9.73. The van der Waals surface area contributed by atoms with Crippen LogP contribution < -0.4 is 10.6 Å². The quantitative estimate of drug-likeness (QED) is 0.347. The number of rotatable bonds is 5. The number of pyridine rings is 1. The number of nitrogens with two attached hydrogens (primary N) is 1. The van der Waals surface area contributed by atoms with Crippen LogP contribution in [0, 0.1) is 12.3 Å². The standard InChI is InChI=1S/C26H29ClN6O3S.ClH/c1-15-25(37-20-5-8-33-12-17(19-4-3-11-35-19)30-24(33)21(20)27)31-18(13-34)23(29-15)32-9-6-26(7-10-32)14-36-16(2)22(26)28;/h3-5,8,11-12,16,22,34H,6-7,9-10,13-14,28H2,1-2H3;1H/t16-,22+;/m0./s1. The fourth-order valence-corrected chi connectivity index (χ4v) is 6.53. The first-order valence-electron chi connectivity index (χ1n) is 12.4. The van der Waals surface area contributed by atoms with Crippen LogP contribution in [0.3, 0.4) is 0 Å². The van der Waals surface area contributed by atoms with E-state index in [9.17, 15) is 5.11 Å². The van der Waals surface area contributed by atoms with Crippen molar-refractivity contribution in [3.63, 3.8) is 0 Å². The summed E-state index contributed by atoms with van der Waals surface area (Å²) >= 11 is 8.18. The average Bonchev–Trinajstić information content (AvgIpc) is 3.65. The van der Waals surface area contributed by atoms with Gasteiger partial charge in [-0.2, -0.15) is 0 Å². The molecule has 2 aliphatic heterocycles. The molecule has 2 fully saturated rings. The van der Waals surface area contributed by atoms with E-state index in [2.05, 4.69) is 16.8 Å². The molecule has 6 heterocycles. The second-order valence-electron chi connectivity index (χ2n) is 9.86. The van der Waals surface area contributed by atoms with Gasteiger partial charge in [-0.1, -0.05) is 23.4 Å². The second-order valence-corrected chi connectivity index (χ2v) is 11.3. The lowest BCUT2D eigenvalue weighted by Crippen LogP contribution is -2.51. The Labute approximate surface area is 236 Å². The van der Waals surface area contributed by atoms with Gasteiger partial charge < -0.3 is 29.3 Å². The fraction of sp³-hybridized carbons (Fsp3) is 0.423. The monoisotopic (exact) mass is 576 g/mol. The first kappa shape index (κ1) is 27.2. The van der Waals surface area contributed by atoms with Crippen molar-refractivity contribution in [2.75, 3.05) is 24.6 Å². The summed E-state index contributed by atoms with van der Waals surface area (Å²) in [5.74, 6) is 1.41. The number of aliphatic hydroxyl groups excluding tert-OH is 1. The Morgan fingerprint density at radius 3 is 2.68 bits per heavy atom. The van der Waals surface area contributed by atoms with Crippen molar-refractivity contribution >= 4 is 47.2 Å². The Balaban J connectivity index is 0.00000294. The number of furan rings is 1. The van der Waals surface area contributed by atoms with Gasteiger partial charge in [0.2, 0.25) is 0 Å². The SMILES string of the molecule is Cc1nc(N2CCC3(CC2)CO[C@@H](C)[C@H]3N)c(CO)nc1Sc1ccn2cc(-c3ccco3)nc2c1Cl.Cl. The first-order valence-corrected chi connectivity index (χ1v) is 13.6. The van der Waals surface area contributed by atoms with Crippen molar-refractivity contribution < 1.29 is 14.3 Å². The molecule has 2 saturated heterocycles. The molecule has 2 atom stereocenters. The molecule has 3 N–H and O–H groups in total. The molecule has 38 heavy (non-hydrogen) atoms. The van der Waals surface area contributed by atoms with Crippen molar-refractivity contribution in [3.05, 3.63) is 53.3 Å². The average molecular weight is 578 g/mol. The number of aryl methyl sites for hydroxylation is 1. The van der Waals surface area contributed by atoms with Crippen LogP contribution in [0.2, 0.25) is 5.02 Å². The molecule has 0 aliphatic carbocycles. The maximum Gasteiger partial charge on any atom is 0.157 e. The van der Waals surface area contributed by atoms with E-state index in [1.165, 1.54) is 11.8 Å². The molecular weight excluding hydrogens is 547 g/mol. The molecule has 202 valence electrons. The van der Waals surface area contributed by atoms with Gasteiger partial charge in [-0.25, -0.2) is 15.0 Å². The van der Waals surface area contributed by atoms with Gasteiger partial charge in [0.05, 0.1) is 36.3 Å². The molecule has 0 amide bonds. The molecule has 0 unspecified atom stereocenters. The summed E-state index contributed by atoms with van der Waals surface area (Å²) in [5.41, 5.74) is 9.18. The highest BCUT2D eigenvalue weighted by Gasteiger charge is 2.47. The lowest BCUT2D eigenvalue weighted by Gasteiger charge is -2.42. The van der Waals surface area contributed by atoms with E-state index in [1.54, 1.807) is 6.26 Å². The molecule has 6 rings (SSSR count). The zero-order chi connectivity index (χ0) is 25.7. The smallest absolute Gasteiger partial charge is 0.157 e. The van der Waals surface area contributed by atoms with Gasteiger partial charge >= 0.3 is 0 Å². The van der Waals surface area contributed by atoms with Gasteiger partial charge in [-0.3, -0.25) is 0 Å². The maximum absolute atomic E-state index is 10.2. The van der Waals surface area contributed by atoms with Crippen LogP contribution in [0.4, 0.5) is 5.82 Å². The number of imidazole rings is 1. The third-order valence-corrected chi connectivity index (χ3v) is 9.27. The third kappa shape index (κ3) is 4.67. The number of piperidine rings is 1. The van der Waals surface area contributed by atoms with E-state index < -0.39 is 0 Å². The van der Waals surface area contributed by atoms with E-state index in [1.807, 2.05) is 41.9 Å². The summed E-state index contributed by atoms with van der Waals surface area (Å²) in [6, 6.07) is 5.66. The summed E-state index contributed by atoms with van der Waals surface area (Å²) in [6.07, 6.45) is 7.36. The largest absolute Gasteiger partial charge is 0.463 e. The summed E-state index contributed by atoms with van der Waals surface area (Å²) in [6.45, 7) is 6.10. The van der Waals surface area contributed by atoms with Gasteiger partial charge in [0.25, 0.3) is 0 Å². The molecule has 12 heteroatoms. The number of aromatic nitrogens is 4. The second kappa shape index (κ2) is 10.7.